The molecule has 0 aromatic heterocycles. The van der Waals surface area contributed by atoms with Crippen LogP contribution in [0, 0.1) is 23.7 Å². The van der Waals surface area contributed by atoms with Crippen molar-refractivity contribution in [3.05, 3.63) is 0 Å². The zero-order valence-electron chi connectivity index (χ0n) is 6.63. The summed E-state index contributed by atoms with van der Waals surface area (Å²) in [6.07, 6.45) is 2.34. The first-order chi connectivity index (χ1) is 4.70. The zero-order valence-corrected chi connectivity index (χ0v) is 6.63. The summed E-state index contributed by atoms with van der Waals surface area (Å²) in [4.78, 5) is 11.4. The van der Waals surface area contributed by atoms with Crippen LogP contribution in [0.2, 0.25) is 0 Å². The predicted octanol–water partition coefficient (Wildman–Crippen LogP) is 1.87. The molecule has 0 saturated heterocycles. The van der Waals surface area contributed by atoms with Crippen molar-refractivity contribution in [1.82, 2.24) is 0 Å². The molecule has 0 radical (unpaired) electrons. The minimum Gasteiger partial charge on any atom is -0.299 e. The number of carbonyl (C=O) groups is 1. The molecule has 2 aliphatic rings. The van der Waals surface area contributed by atoms with E-state index in [4.69, 9.17) is 0 Å². The van der Waals surface area contributed by atoms with Crippen LogP contribution in [-0.2, 0) is 4.79 Å². The second-order valence-electron chi connectivity index (χ2n) is 4.04. The summed E-state index contributed by atoms with van der Waals surface area (Å²) < 4.78 is 0. The Labute approximate surface area is 61.8 Å². The molecule has 10 heavy (non-hydrogen) atoms. The first-order valence-corrected chi connectivity index (χ1v) is 4.24. The van der Waals surface area contributed by atoms with Gasteiger partial charge in [0.2, 0.25) is 0 Å². The Kier molecular flexibility index (Phi) is 1.17. The summed E-state index contributed by atoms with van der Waals surface area (Å²) in [6.45, 7) is 4.35. The number of Topliss-reactive ketones (excluding diaryl/α,β-unsaturated/α-hetero) is 1. The van der Waals surface area contributed by atoms with E-state index in [1.807, 2.05) is 0 Å². The van der Waals surface area contributed by atoms with Gasteiger partial charge in [0.25, 0.3) is 0 Å². The van der Waals surface area contributed by atoms with Crippen molar-refractivity contribution in [1.29, 1.82) is 0 Å². The number of carbonyl (C=O) groups excluding carboxylic acids is 1. The topological polar surface area (TPSA) is 17.1 Å². The highest BCUT2D eigenvalue weighted by molar-refractivity contribution is 5.88. The van der Waals surface area contributed by atoms with Crippen molar-refractivity contribution in [2.24, 2.45) is 23.7 Å². The normalized spacial score (nSPS) is 50.6. The van der Waals surface area contributed by atoms with Crippen molar-refractivity contribution in [2.75, 3.05) is 0 Å². The van der Waals surface area contributed by atoms with Crippen LogP contribution >= 0.6 is 0 Å². The molecule has 0 amide bonds. The summed E-state index contributed by atoms with van der Waals surface area (Å²) in [5, 5.41) is 0. The average Bonchev–Trinajstić information content (AvgIpc) is 2.70. The lowest BCUT2D eigenvalue weighted by atomic mass is 10.1. The molecule has 2 fully saturated rings. The SMILES string of the molecule is CC1CC1C(=O)C1CC1C. The van der Waals surface area contributed by atoms with Crippen LogP contribution in [0.5, 0.6) is 0 Å². The molecule has 4 atom stereocenters. The highest BCUT2D eigenvalue weighted by atomic mass is 16.1. The smallest absolute Gasteiger partial charge is 0.139 e. The molecule has 0 N–H and O–H groups in total. The lowest BCUT2D eigenvalue weighted by molar-refractivity contribution is -0.121. The molecule has 0 aromatic carbocycles. The number of rotatable bonds is 2. The number of hydrogen-bond donors (Lipinski definition) is 0. The molecule has 0 aromatic rings. The molecule has 0 aliphatic heterocycles. The summed E-state index contributed by atoms with van der Waals surface area (Å²) in [5.41, 5.74) is 0. The zero-order chi connectivity index (χ0) is 7.30. The largest absolute Gasteiger partial charge is 0.299 e. The van der Waals surface area contributed by atoms with Gasteiger partial charge < -0.3 is 0 Å². The van der Waals surface area contributed by atoms with Crippen molar-refractivity contribution in [2.45, 2.75) is 26.7 Å². The third-order valence-electron chi connectivity index (χ3n) is 2.95. The van der Waals surface area contributed by atoms with Crippen LogP contribution in [0.25, 0.3) is 0 Å². The molecule has 0 bridgehead atoms. The Hall–Kier alpha value is -0.330. The van der Waals surface area contributed by atoms with E-state index in [0.29, 0.717) is 29.5 Å². The first kappa shape index (κ1) is 6.38. The molecular weight excluding hydrogens is 124 g/mol. The Bertz CT molecular complexity index is 156. The minimum atomic E-state index is 0.468. The Morgan fingerprint density at radius 3 is 1.60 bits per heavy atom. The standard InChI is InChI=1S/C9H14O/c1-5-3-7(5)9(10)8-4-6(8)2/h5-8H,3-4H2,1-2H3. The van der Waals surface area contributed by atoms with E-state index >= 15 is 0 Å². The molecule has 0 heterocycles. The molecule has 2 rings (SSSR count). The van der Waals surface area contributed by atoms with Crippen molar-refractivity contribution < 1.29 is 4.79 Å². The van der Waals surface area contributed by atoms with Gasteiger partial charge in [0.05, 0.1) is 0 Å². The highest BCUT2D eigenvalue weighted by Gasteiger charge is 2.48. The Morgan fingerprint density at radius 2 is 1.40 bits per heavy atom. The molecular formula is C9H14O. The van der Waals surface area contributed by atoms with Crippen molar-refractivity contribution in [3.8, 4) is 0 Å². The van der Waals surface area contributed by atoms with Gasteiger partial charge in [0.15, 0.2) is 0 Å². The number of hydrogen-bond acceptors (Lipinski definition) is 1. The molecule has 0 spiro atoms. The van der Waals surface area contributed by atoms with Gasteiger partial charge in [-0.3, -0.25) is 4.79 Å². The Balaban J connectivity index is 1.89. The second kappa shape index (κ2) is 1.84. The van der Waals surface area contributed by atoms with Gasteiger partial charge in [0.1, 0.15) is 5.78 Å². The van der Waals surface area contributed by atoms with E-state index in [2.05, 4.69) is 13.8 Å². The van der Waals surface area contributed by atoms with E-state index in [1.54, 1.807) is 0 Å². The third-order valence-corrected chi connectivity index (χ3v) is 2.95. The molecule has 2 aliphatic carbocycles. The Morgan fingerprint density at radius 1 is 1.10 bits per heavy atom. The van der Waals surface area contributed by atoms with E-state index < -0.39 is 0 Å². The fraction of sp³-hybridized carbons (Fsp3) is 0.889. The van der Waals surface area contributed by atoms with Crippen LogP contribution < -0.4 is 0 Å². The van der Waals surface area contributed by atoms with Crippen LogP contribution in [-0.4, -0.2) is 5.78 Å². The minimum absolute atomic E-state index is 0.468. The summed E-state index contributed by atoms with van der Waals surface area (Å²) in [5.74, 6) is 2.92. The third kappa shape index (κ3) is 0.882. The maximum Gasteiger partial charge on any atom is 0.139 e. The predicted molar refractivity (Wildman–Crippen MR) is 39.5 cm³/mol. The lowest BCUT2D eigenvalue weighted by Gasteiger charge is -1.92. The quantitative estimate of drug-likeness (QED) is 0.569. The molecule has 56 valence electrons. The number of ketones is 1. The van der Waals surface area contributed by atoms with Crippen LogP contribution in [0.3, 0.4) is 0 Å². The van der Waals surface area contributed by atoms with Gasteiger partial charge in [-0.05, 0) is 24.7 Å². The van der Waals surface area contributed by atoms with Gasteiger partial charge in [0, 0.05) is 11.8 Å². The second-order valence-corrected chi connectivity index (χ2v) is 4.04. The monoisotopic (exact) mass is 138 g/mol. The van der Waals surface area contributed by atoms with E-state index in [-0.39, 0.29) is 0 Å². The lowest BCUT2D eigenvalue weighted by Crippen LogP contribution is -2.05. The fourth-order valence-corrected chi connectivity index (χ4v) is 1.71. The van der Waals surface area contributed by atoms with E-state index in [9.17, 15) is 4.79 Å². The van der Waals surface area contributed by atoms with Crippen LogP contribution in [0.15, 0.2) is 0 Å². The van der Waals surface area contributed by atoms with Crippen molar-refractivity contribution >= 4 is 5.78 Å². The van der Waals surface area contributed by atoms with Crippen molar-refractivity contribution in [3.63, 3.8) is 0 Å². The first-order valence-electron chi connectivity index (χ1n) is 4.24. The van der Waals surface area contributed by atoms with Crippen LogP contribution in [0.1, 0.15) is 26.7 Å². The van der Waals surface area contributed by atoms with E-state index in [1.165, 1.54) is 12.8 Å². The maximum atomic E-state index is 11.4. The van der Waals surface area contributed by atoms with Gasteiger partial charge in [-0.2, -0.15) is 0 Å². The molecule has 1 heteroatoms. The average molecular weight is 138 g/mol. The molecule has 2 saturated carbocycles. The van der Waals surface area contributed by atoms with Gasteiger partial charge >= 0.3 is 0 Å². The fourth-order valence-electron chi connectivity index (χ4n) is 1.71. The molecule has 1 nitrogen and oxygen atoms in total. The highest BCUT2D eigenvalue weighted by Crippen LogP contribution is 2.48. The van der Waals surface area contributed by atoms with E-state index in [0.717, 1.165) is 0 Å². The summed E-state index contributed by atoms with van der Waals surface area (Å²) in [7, 11) is 0. The maximum absolute atomic E-state index is 11.4. The molecule has 4 unspecified atom stereocenters. The van der Waals surface area contributed by atoms with Gasteiger partial charge in [-0.1, -0.05) is 13.8 Å². The summed E-state index contributed by atoms with van der Waals surface area (Å²) in [6, 6.07) is 0. The summed E-state index contributed by atoms with van der Waals surface area (Å²) >= 11 is 0. The van der Waals surface area contributed by atoms with Gasteiger partial charge in [-0.25, -0.2) is 0 Å². The van der Waals surface area contributed by atoms with Crippen LogP contribution in [0.4, 0.5) is 0 Å². The van der Waals surface area contributed by atoms with Gasteiger partial charge in [-0.15, -0.1) is 0 Å².